The highest BCUT2D eigenvalue weighted by Gasteiger charge is 2.32. The van der Waals surface area contributed by atoms with E-state index in [1.165, 1.54) is 11.1 Å². The van der Waals surface area contributed by atoms with Crippen molar-refractivity contribution < 1.29 is 4.92 Å². The molecule has 0 saturated carbocycles. The number of hydrogen-bond donors (Lipinski definition) is 0. The zero-order valence-electron chi connectivity index (χ0n) is 18.7. The van der Waals surface area contributed by atoms with Crippen LogP contribution in [0.5, 0.6) is 0 Å². The van der Waals surface area contributed by atoms with E-state index in [0.29, 0.717) is 5.69 Å². The third-order valence-electron chi connectivity index (χ3n) is 6.02. The van der Waals surface area contributed by atoms with Gasteiger partial charge in [0.05, 0.1) is 11.1 Å². The Morgan fingerprint density at radius 3 is 1.88 bits per heavy atom. The Hall–Kier alpha value is -3.22. The van der Waals surface area contributed by atoms with E-state index < -0.39 is 0 Å². The summed E-state index contributed by atoms with van der Waals surface area (Å²) < 4.78 is 0. The monoisotopic (exact) mass is 430 g/mol. The number of hydrogen-bond acceptors (Lipinski definition) is 5. The fourth-order valence-electron chi connectivity index (χ4n) is 4.57. The van der Waals surface area contributed by atoms with Crippen LogP contribution in [0.3, 0.4) is 0 Å². The first kappa shape index (κ1) is 22.0. The van der Waals surface area contributed by atoms with Crippen molar-refractivity contribution >= 4 is 11.4 Å². The Kier molecular flexibility index (Phi) is 6.83. The van der Waals surface area contributed by atoms with Crippen LogP contribution in [0.4, 0.5) is 11.4 Å². The summed E-state index contributed by atoms with van der Waals surface area (Å²) in [5, 5.41) is 11.9. The number of nitro benzene ring substituents is 1. The van der Waals surface area contributed by atoms with Crippen molar-refractivity contribution in [2.24, 2.45) is 0 Å². The number of anilines is 1. The van der Waals surface area contributed by atoms with Gasteiger partial charge in [-0.25, -0.2) is 0 Å². The number of benzene rings is 3. The van der Waals surface area contributed by atoms with Crippen LogP contribution < -0.4 is 4.90 Å². The summed E-state index contributed by atoms with van der Waals surface area (Å²) in [7, 11) is 3.68. The van der Waals surface area contributed by atoms with Crippen molar-refractivity contribution in [3.05, 3.63) is 106 Å². The minimum absolute atomic E-state index is 0.0286. The van der Waals surface area contributed by atoms with Crippen LogP contribution in [0.1, 0.15) is 29.3 Å². The fourth-order valence-corrected chi connectivity index (χ4v) is 4.57. The fraction of sp³-hybridized carbons (Fsp3) is 0.308. The van der Waals surface area contributed by atoms with E-state index in [1.54, 1.807) is 11.0 Å². The van der Waals surface area contributed by atoms with Crippen LogP contribution >= 0.6 is 0 Å². The smallest absolute Gasteiger partial charge is 0.292 e. The van der Waals surface area contributed by atoms with Gasteiger partial charge in [0.25, 0.3) is 5.69 Å². The summed E-state index contributed by atoms with van der Waals surface area (Å²) in [5.41, 5.74) is 4.24. The lowest BCUT2D eigenvalue weighted by Crippen LogP contribution is -2.46. The topological polar surface area (TPSA) is 52.9 Å². The molecule has 1 aliphatic rings. The first-order chi connectivity index (χ1) is 15.5. The molecule has 3 aromatic carbocycles. The molecule has 0 aromatic heterocycles. The predicted molar refractivity (Wildman–Crippen MR) is 128 cm³/mol. The van der Waals surface area contributed by atoms with Crippen LogP contribution in [0.25, 0.3) is 0 Å². The van der Waals surface area contributed by atoms with Gasteiger partial charge in [-0.05, 0) is 29.2 Å². The van der Waals surface area contributed by atoms with Gasteiger partial charge in [-0.3, -0.25) is 19.9 Å². The van der Waals surface area contributed by atoms with Crippen molar-refractivity contribution in [2.75, 3.05) is 32.1 Å². The second-order valence-electron chi connectivity index (χ2n) is 8.54. The molecular formula is C26H30N4O2. The number of nitro groups is 1. The first-order valence-corrected chi connectivity index (χ1v) is 11.0. The predicted octanol–water partition coefficient (Wildman–Crippen LogP) is 5.07. The summed E-state index contributed by atoms with van der Waals surface area (Å²) >= 11 is 0. The van der Waals surface area contributed by atoms with E-state index >= 15 is 0 Å². The molecule has 1 fully saturated rings. The summed E-state index contributed by atoms with van der Waals surface area (Å²) in [5.74, 6) is 0. The Labute approximate surface area is 189 Å². The lowest BCUT2D eigenvalue weighted by molar-refractivity contribution is -0.384. The van der Waals surface area contributed by atoms with Gasteiger partial charge in [-0.2, -0.15) is 0 Å². The van der Waals surface area contributed by atoms with Crippen molar-refractivity contribution in [3.63, 3.8) is 0 Å². The van der Waals surface area contributed by atoms with Gasteiger partial charge >= 0.3 is 0 Å². The van der Waals surface area contributed by atoms with E-state index in [2.05, 4.69) is 58.3 Å². The minimum atomic E-state index is -0.273. The summed E-state index contributed by atoms with van der Waals surface area (Å²) in [6.07, 6.45) is 1.03. The molecule has 0 bridgehead atoms. The molecule has 1 aliphatic heterocycles. The summed E-state index contributed by atoms with van der Waals surface area (Å²) in [6, 6.07) is 26.6. The Morgan fingerprint density at radius 1 is 0.875 bits per heavy atom. The molecule has 0 aliphatic carbocycles. The van der Waals surface area contributed by atoms with Crippen molar-refractivity contribution in [3.8, 4) is 0 Å². The quantitative estimate of drug-likeness (QED) is 0.387. The van der Waals surface area contributed by atoms with Crippen LogP contribution in [-0.2, 0) is 13.1 Å². The standard InChI is InChI=1S/C26H30N4O2/c1-27(2)24-15-14-23(18-25(24)30(31)32)26-28(19-21-10-5-3-6-11-21)16-9-17-29(26)20-22-12-7-4-8-13-22/h3-8,10-15,18,26H,9,16-17,19-20H2,1-2H3. The number of rotatable bonds is 7. The molecule has 4 rings (SSSR count). The third-order valence-corrected chi connectivity index (χ3v) is 6.02. The summed E-state index contributed by atoms with van der Waals surface area (Å²) in [4.78, 5) is 18.3. The Balaban J connectivity index is 1.73. The van der Waals surface area contributed by atoms with Crippen molar-refractivity contribution in [1.29, 1.82) is 0 Å². The van der Waals surface area contributed by atoms with Gasteiger partial charge in [0, 0.05) is 46.3 Å². The second kappa shape index (κ2) is 9.94. The maximum atomic E-state index is 11.9. The average Bonchev–Trinajstić information content (AvgIpc) is 2.80. The zero-order chi connectivity index (χ0) is 22.5. The van der Waals surface area contributed by atoms with Crippen molar-refractivity contribution in [2.45, 2.75) is 25.7 Å². The van der Waals surface area contributed by atoms with Crippen LogP contribution in [-0.4, -0.2) is 41.9 Å². The maximum Gasteiger partial charge on any atom is 0.292 e. The van der Waals surface area contributed by atoms with E-state index in [9.17, 15) is 10.1 Å². The highest BCUT2D eigenvalue weighted by Crippen LogP contribution is 2.36. The third kappa shape index (κ3) is 4.98. The molecule has 0 atom stereocenters. The van der Waals surface area contributed by atoms with Crippen LogP contribution in [0, 0.1) is 10.1 Å². The van der Waals surface area contributed by atoms with Gasteiger partial charge in [-0.1, -0.05) is 66.7 Å². The van der Waals surface area contributed by atoms with Crippen molar-refractivity contribution in [1.82, 2.24) is 9.80 Å². The minimum Gasteiger partial charge on any atom is -0.372 e. The molecule has 0 amide bonds. The first-order valence-electron chi connectivity index (χ1n) is 11.0. The van der Waals surface area contributed by atoms with Gasteiger partial charge < -0.3 is 4.90 Å². The second-order valence-corrected chi connectivity index (χ2v) is 8.54. The molecule has 3 aromatic rings. The van der Waals surface area contributed by atoms with Crippen LogP contribution in [0.2, 0.25) is 0 Å². The zero-order valence-corrected chi connectivity index (χ0v) is 18.7. The lowest BCUT2D eigenvalue weighted by atomic mass is 10.0. The molecule has 166 valence electrons. The molecule has 1 saturated heterocycles. The highest BCUT2D eigenvalue weighted by atomic mass is 16.6. The van der Waals surface area contributed by atoms with E-state index in [0.717, 1.165) is 38.2 Å². The molecule has 0 unspecified atom stereocenters. The SMILES string of the molecule is CN(C)c1ccc(C2N(Cc3ccccc3)CCCN2Cc2ccccc2)cc1[N+](=O)[O-]. The Morgan fingerprint density at radius 2 is 1.41 bits per heavy atom. The normalized spacial score (nSPS) is 15.6. The van der Waals surface area contributed by atoms with E-state index in [4.69, 9.17) is 0 Å². The van der Waals surface area contributed by atoms with Gasteiger partial charge in [0.2, 0.25) is 0 Å². The van der Waals surface area contributed by atoms with E-state index in [1.807, 2.05) is 38.4 Å². The molecule has 0 spiro atoms. The molecule has 1 heterocycles. The molecule has 32 heavy (non-hydrogen) atoms. The number of nitrogens with zero attached hydrogens (tertiary/aromatic N) is 4. The van der Waals surface area contributed by atoms with Gasteiger partial charge in [0.15, 0.2) is 0 Å². The van der Waals surface area contributed by atoms with Gasteiger partial charge in [0.1, 0.15) is 5.69 Å². The van der Waals surface area contributed by atoms with Gasteiger partial charge in [-0.15, -0.1) is 0 Å². The molecule has 6 nitrogen and oxygen atoms in total. The lowest BCUT2D eigenvalue weighted by Gasteiger charge is -2.44. The highest BCUT2D eigenvalue weighted by molar-refractivity contribution is 5.63. The molecule has 0 radical (unpaired) electrons. The molecule has 0 N–H and O–H groups in total. The average molecular weight is 431 g/mol. The summed E-state index contributed by atoms with van der Waals surface area (Å²) in [6.45, 7) is 3.52. The molecule has 6 heteroatoms. The largest absolute Gasteiger partial charge is 0.372 e. The molecular weight excluding hydrogens is 400 g/mol. The maximum absolute atomic E-state index is 11.9. The van der Waals surface area contributed by atoms with Crippen LogP contribution in [0.15, 0.2) is 78.9 Å². The van der Waals surface area contributed by atoms with E-state index in [-0.39, 0.29) is 16.8 Å². The Bertz CT molecular complexity index is 991.